The highest BCUT2D eigenvalue weighted by Gasteiger charge is 2.26. The average Bonchev–Trinajstić information content (AvgIpc) is 3.37. The van der Waals surface area contributed by atoms with E-state index in [4.69, 9.17) is 4.98 Å². The lowest BCUT2D eigenvalue weighted by Gasteiger charge is -2.25. The van der Waals surface area contributed by atoms with Gasteiger partial charge in [-0.3, -0.25) is 14.0 Å². The van der Waals surface area contributed by atoms with Gasteiger partial charge in [0.25, 0.3) is 15.9 Å². The van der Waals surface area contributed by atoms with Gasteiger partial charge in [0, 0.05) is 25.2 Å². The van der Waals surface area contributed by atoms with Crippen molar-refractivity contribution in [2.75, 3.05) is 41.9 Å². The van der Waals surface area contributed by atoms with Crippen molar-refractivity contribution in [3.63, 3.8) is 0 Å². The van der Waals surface area contributed by atoms with E-state index in [-0.39, 0.29) is 23.2 Å². The predicted octanol–water partition coefficient (Wildman–Crippen LogP) is 6.23. The quantitative estimate of drug-likeness (QED) is 0.208. The number of fused-ring (bicyclic) bond motifs is 1. The molecule has 1 aromatic heterocycles. The molecule has 7 nitrogen and oxygen atoms in total. The maximum Gasteiger partial charge on any atom is 0.264 e. The van der Waals surface area contributed by atoms with Gasteiger partial charge < -0.3 is 4.90 Å². The Hall–Kier alpha value is -2.98. The van der Waals surface area contributed by atoms with Crippen molar-refractivity contribution in [3.8, 4) is 0 Å². The number of amides is 1. The molecule has 0 N–H and O–H groups in total. The molecule has 0 saturated heterocycles. The average molecular weight is 587 g/mol. The fourth-order valence-electron chi connectivity index (χ4n) is 4.39. The first-order valence-corrected chi connectivity index (χ1v) is 15.1. The second-order valence-corrected chi connectivity index (χ2v) is 11.8. The van der Waals surface area contributed by atoms with Gasteiger partial charge in [-0.05, 0) is 75.0 Å². The zero-order valence-electron chi connectivity index (χ0n) is 22.7. The van der Waals surface area contributed by atoms with Crippen LogP contribution in [0.1, 0.15) is 36.7 Å². The van der Waals surface area contributed by atoms with Crippen LogP contribution < -0.4 is 9.21 Å². The molecule has 39 heavy (non-hydrogen) atoms. The van der Waals surface area contributed by atoms with Crippen molar-refractivity contribution in [2.45, 2.75) is 32.6 Å². The molecule has 1 heterocycles. The van der Waals surface area contributed by atoms with Crippen LogP contribution in [-0.4, -0.2) is 56.9 Å². The third-order valence-corrected chi connectivity index (χ3v) is 9.60. The van der Waals surface area contributed by atoms with Gasteiger partial charge in [-0.25, -0.2) is 13.4 Å². The van der Waals surface area contributed by atoms with E-state index < -0.39 is 10.0 Å². The first-order chi connectivity index (χ1) is 18.3. The molecule has 10 heteroatoms. The maximum atomic E-state index is 13.8. The van der Waals surface area contributed by atoms with Crippen LogP contribution in [0.3, 0.4) is 0 Å². The van der Waals surface area contributed by atoms with Crippen molar-refractivity contribution < 1.29 is 13.2 Å². The first-order valence-electron chi connectivity index (χ1n) is 12.9. The molecule has 0 spiro atoms. The minimum Gasteiger partial charge on any atom is -0.302 e. The molecule has 0 aliphatic carbocycles. The van der Waals surface area contributed by atoms with Crippen LogP contribution >= 0.6 is 23.7 Å². The molecule has 0 fully saturated rings. The molecule has 4 aromatic rings. The molecule has 0 saturated carbocycles. The smallest absolute Gasteiger partial charge is 0.264 e. The van der Waals surface area contributed by atoms with Crippen LogP contribution in [0.2, 0.25) is 0 Å². The molecule has 0 aliphatic heterocycles. The zero-order chi connectivity index (χ0) is 27.3. The maximum absolute atomic E-state index is 13.8. The number of rotatable bonds is 11. The number of para-hydroxylation sites is 2. The van der Waals surface area contributed by atoms with Crippen LogP contribution in [0.25, 0.3) is 10.2 Å². The highest BCUT2D eigenvalue weighted by Crippen LogP contribution is 2.32. The zero-order valence-corrected chi connectivity index (χ0v) is 25.2. The third-order valence-electron chi connectivity index (χ3n) is 6.64. The SMILES string of the molecule is CCN(CC)CCN(C(=O)c1ccc(S(=O)(=O)N(CC)c2ccccc2)cc1)c1nc2c(C)cccc2s1.Cl. The van der Waals surface area contributed by atoms with Gasteiger partial charge in [0.1, 0.15) is 0 Å². The Balaban J connectivity index is 0.00000420. The Morgan fingerprint density at radius 1 is 0.846 bits per heavy atom. The second kappa shape index (κ2) is 13.4. The second-order valence-electron chi connectivity index (χ2n) is 8.93. The number of sulfonamides is 1. The molecular weight excluding hydrogens is 552 g/mol. The topological polar surface area (TPSA) is 73.8 Å². The molecule has 3 aromatic carbocycles. The van der Waals surface area contributed by atoms with Crippen molar-refractivity contribution in [3.05, 3.63) is 83.9 Å². The predicted molar refractivity (Wildman–Crippen MR) is 164 cm³/mol. The number of benzene rings is 3. The minimum atomic E-state index is -3.78. The number of aromatic nitrogens is 1. The summed E-state index contributed by atoms with van der Waals surface area (Å²) in [6.07, 6.45) is 0. The highest BCUT2D eigenvalue weighted by atomic mass is 35.5. The van der Waals surface area contributed by atoms with Gasteiger partial charge in [0.05, 0.1) is 20.8 Å². The number of nitrogens with zero attached hydrogens (tertiary/aromatic N) is 4. The van der Waals surface area contributed by atoms with E-state index in [1.165, 1.54) is 27.8 Å². The van der Waals surface area contributed by atoms with E-state index in [9.17, 15) is 13.2 Å². The van der Waals surface area contributed by atoms with Crippen LogP contribution in [0.15, 0.2) is 77.7 Å². The lowest BCUT2D eigenvalue weighted by atomic mass is 10.2. The lowest BCUT2D eigenvalue weighted by molar-refractivity contribution is 0.0983. The van der Waals surface area contributed by atoms with E-state index in [0.717, 1.165) is 28.9 Å². The fourth-order valence-corrected chi connectivity index (χ4v) is 6.93. The molecule has 0 radical (unpaired) electrons. The highest BCUT2D eigenvalue weighted by molar-refractivity contribution is 7.92. The molecule has 0 aliphatic rings. The van der Waals surface area contributed by atoms with Crippen LogP contribution in [0.5, 0.6) is 0 Å². The first kappa shape index (κ1) is 30.6. The van der Waals surface area contributed by atoms with Gasteiger partial charge in [-0.15, -0.1) is 12.4 Å². The summed E-state index contributed by atoms with van der Waals surface area (Å²) in [6, 6.07) is 21.3. The summed E-state index contributed by atoms with van der Waals surface area (Å²) in [7, 11) is -3.78. The molecule has 4 rings (SSSR count). The third kappa shape index (κ3) is 6.61. The van der Waals surface area contributed by atoms with Crippen LogP contribution in [0, 0.1) is 6.92 Å². The van der Waals surface area contributed by atoms with E-state index in [1.807, 2.05) is 43.3 Å². The van der Waals surface area contributed by atoms with E-state index >= 15 is 0 Å². The Kier molecular flexibility index (Phi) is 10.5. The van der Waals surface area contributed by atoms with Gasteiger partial charge in [0.15, 0.2) is 5.13 Å². The van der Waals surface area contributed by atoms with Gasteiger partial charge in [-0.1, -0.05) is 55.5 Å². The monoisotopic (exact) mass is 586 g/mol. The molecule has 1 amide bonds. The Morgan fingerprint density at radius 3 is 2.10 bits per heavy atom. The number of carbonyl (C=O) groups is 1. The summed E-state index contributed by atoms with van der Waals surface area (Å²) >= 11 is 1.49. The van der Waals surface area contributed by atoms with Gasteiger partial charge in [-0.2, -0.15) is 0 Å². The normalized spacial score (nSPS) is 11.4. The number of hydrogen-bond donors (Lipinski definition) is 0. The minimum absolute atomic E-state index is 0. The number of likely N-dealkylation sites (N-methyl/N-ethyl adjacent to an activating group) is 1. The Morgan fingerprint density at radius 2 is 1.51 bits per heavy atom. The van der Waals surface area contributed by atoms with E-state index in [2.05, 4.69) is 18.7 Å². The number of carbonyl (C=O) groups excluding carboxylic acids is 1. The van der Waals surface area contributed by atoms with Crippen molar-refractivity contribution in [2.24, 2.45) is 0 Å². The molecule has 0 atom stereocenters. The Bertz CT molecular complexity index is 1490. The standard InChI is InChI=1S/C29H34N4O3S2.ClH/c1-5-31(6-2)20-21-32(29-30-27-22(4)12-11-15-26(27)37-29)28(34)23-16-18-25(19-17-23)38(35,36)33(7-3)24-13-9-8-10-14-24;/h8-19H,5-7,20-21H2,1-4H3;1H. The number of hydrogen-bond acceptors (Lipinski definition) is 6. The summed E-state index contributed by atoms with van der Waals surface area (Å²) in [5, 5.41) is 0.643. The van der Waals surface area contributed by atoms with E-state index in [1.54, 1.807) is 36.1 Å². The molecule has 0 bridgehead atoms. The number of anilines is 2. The van der Waals surface area contributed by atoms with Crippen LogP contribution in [0.4, 0.5) is 10.8 Å². The summed E-state index contributed by atoms with van der Waals surface area (Å²) in [4.78, 5) is 22.7. The summed E-state index contributed by atoms with van der Waals surface area (Å²) in [5.41, 5.74) is 2.98. The summed E-state index contributed by atoms with van der Waals surface area (Å²) < 4.78 is 29.2. The summed E-state index contributed by atoms with van der Waals surface area (Å²) in [5.74, 6) is -0.201. The number of aryl methyl sites for hydroxylation is 1. The van der Waals surface area contributed by atoms with Crippen molar-refractivity contribution in [1.29, 1.82) is 0 Å². The molecular formula is C29H35ClN4O3S2. The largest absolute Gasteiger partial charge is 0.302 e. The summed E-state index contributed by atoms with van der Waals surface area (Å²) in [6.45, 7) is 11.3. The van der Waals surface area contributed by atoms with Crippen molar-refractivity contribution in [1.82, 2.24) is 9.88 Å². The van der Waals surface area contributed by atoms with E-state index in [0.29, 0.717) is 36.0 Å². The van der Waals surface area contributed by atoms with Gasteiger partial charge >= 0.3 is 0 Å². The number of halogens is 1. The fraction of sp³-hybridized carbons (Fsp3) is 0.310. The number of thiazole rings is 1. The van der Waals surface area contributed by atoms with Crippen molar-refractivity contribution >= 4 is 60.7 Å². The van der Waals surface area contributed by atoms with Crippen LogP contribution in [-0.2, 0) is 10.0 Å². The van der Waals surface area contributed by atoms with Gasteiger partial charge in [0.2, 0.25) is 0 Å². The molecule has 0 unspecified atom stereocenters. The lowest BCUT2D eigenvalue weighted by Crippen LogP contribution is -2.39. The Labute approximate surface area is 241 Å². The molecule has 208 valence electrons.